The lowest BCUT2D eigenvalue weighted by molar-refractivity contribution is -0.154. The summed E-state index contributed by atoms with van der Waals surface area (Å²) in [7, 11) is 1.06. The molecular formula is C40H65IO7Si. The van der Waals surface area contributed by atoms with Gasteiger partial charge in [0.2, 0.25) is 8.32 Å². The fraction of sp³-hybridized carbons (Fsp3) is 0.725. The molecule has 7 atom stereocenters. The van der Waals surface area contributed by atoms with Crippen LogP contribution in [0.15, 0.2) is 46.6 Å². The van der Waals surface area contributed by atoms with Crippen LogP contribution in [0.5, 0.6) is 5.75 Å². The Hall–Kier alpha value is -1.24. The summed E-state index contributed by atoms with van der Waals surface area (Å²) in [6, 6.07) is 8.04. The van der Waals surface area contributed by atoms with Crippen molar-refractivity contribution in [2.75, 3.05) is 14.2 Å². The van der Waals surface area contributed by atoms with E-state index in [-0.39, 0.29) is 54.9 Å². The van der Waals surface area contributed by atoms with Crippen LogP contribution in [0.4, 0.5) is 0 Å². The number of benzene rings is 1. The van der Waals surface area contributed by atoms with Crippen LogP contribution in [-0.2, 0) is 34.8 Å². The van der Waals surface area contributed by atoms with Crippen LogP contribution in [0.25, 0.3) is 0 Å². The zero-order chi connectivity index (χ0) is 36.0. The summed E-state index contributed by atoms with van der Waals surface area (Å²) >= 11 is 2.26. The molecule has 2 saturated heterocycles. The Morgan fingerprint density at radius 3 is 2.14 bits per heavy atom. The smallest absolute Gasteiger partial charge is 0.308 e. The Balaban J connectivity index is 1.55. The highest BCUT2D eigenvalue weighted by molar-refractivity contribution is 14.1. The van der Waals surface area contributed by atoms with Gasteiger partial charge in [0.1, 0.15) is 5.75 Å². The number of hydrogen-bond acceptors (Lipinski definition) is 7. The molecule has 9 heteroatoms. The number of esters is 1. The van der Waals surface area contributed by atoms with E-state index in [1.807, 2.05) is 28.3 Å². The summed E-state index contributed by atoms with van der Waals surface area (Å²) in [4.78, 5) is 12.3. The van der Waals surface area contributed by atoms with Crippen molar-refractivity contribution >= 4 is 36.9 Å². The Morgan fingerprint density at radius 2 is 1.53 bits per heavy atom. The van der Waals surface area contributed by atoms with Crippen LogP contribution < -0.4 is 4.74 Å². The average Bonchev–Trinajstić information content (AvgIpc) is 3.07. The Labute approximate surface area is 312 Å². The molecule has 278 valence electrons. The number of rotatable bonds is 19. The Kier molecular flexibility index (Phi) is 18.4. The molecule has 0 unspecified atom stereocenters. The van der Waals surface area contributed by atoms with Crippen molar-refractivity contribution < 1.29 is 32.9 Å². The van der Waals surface area contributed by atoms with Gasteiger partial charge in [0.05, 0.1) is 63.9 Å². The third-order valence-corrected chi connectivity index (χ3v) is 17.1. The largest absolute Gasteiger partial charge is 0.497 e. The maximum atomic E-state index is 12.3. The van der Waals surface area contributed by atoms with Gasteiger partial charge in [0, 0.05) is 5.92 Å². The molecule has 2 aliphatic rings. The van der Waals surface area contributed by atoms with Crippen molar-refractivity contribution in [2.24, 2.45) is 5.92 Å². The molecule has 0 aliphatic carbocycles. The van der Waals surface area contributed by atoms with E-state index < -0.39 is 8.32 Å². The second-order valence-electron chi connectivity index (χ2n) is 15.0. The molecule has 2 fully saturated rings. The number of halogens is 1. The molecule has 0 spiro atoms. The van der Waals surface area contributed by atoms with Crippen molar-refractivity contribution in [3.63, 3.8) is 0 Å². The number of carbonyl (C=O) groups excluding carboxylic acids is 1. The van der Waals surface area contributed by atoms with Crippen molar-refractivity contribution in [1.29, 1.82) is 0 Å². The second kappa shape index (κ2) is 21.3. The van der Waals surface area contributed by atoms with Gasteiger partial charge in [-0.2, -0.15) is 0 Å². The molecule has 0 radical (unpaired) electrons. The standard InChI is InChI=1S/C40H65IO7Si/c1-28(2)49(29(3)4,30(5)6)48-38-24-36(47-37(25-38)26-40(42)44-9)23-35-16-12-15-34(46-35)14-11-10-13-31(7)39(21-22-41)45-27-32-17-19-33(43-8)20-18-32/h10,13,17-22,28-31,34-39H,11-12,14-16,23-27H2,1-9H3/b13-10+,22-21+/t31-,34-,35-,36-,37-,38+,39-/m0/s1. The lowest BCUT2D eigenvalue weighted by Gasteiger charge is -2.47. The summed E-state index contributed by atoms with van der Waals surface area (Å²) in [5, 5.41) is 0. The van der Waals surface area contributed by atoms with E-state index in [0.29, 0.717) is 23.2 Å². The van der Waals surface area contributed by atoms with E-state index in [9.17, 15) is 4.79 Å². The molecular weight excluding hydrogens is 747 g/mol. The molecule has 49 heavy (non-hydrogen) atoms. The zero-order valence-electron chi connectivity index (χ0n) is 31.7. The minimum Gasteiger partial charge on any atom is -0.497 e. The first-order valence-electron chi connectivity index (χ1n) is 18.6. The van der Waals surface area contributed by atoms with Gasteiger partial charge in [0.15, 0.2) is 0 Å². The molecule has 3 rings (SSSR count). The molecule has 2 aliphatic heterocycles. The van der Waals surface area contributed by atoms with E-state index in [1.54, 1.807) is 7.11 Å². The van der Waals surface area contributed by atoms with E-state index in [4.69, 9.17) is 28.1 Å². The van der Waals surface area contributed by atoms with Crippen molar-refractivity contribution in [3.8, 4) is 5.75 Å². The fourth-order valence-corrected chi connectivity index (χ4v) is 14.1. The van der Waals surface area contributed by atoms with Crippen molar-refractivity contribution in [1.82, 2.24) is 0 Å². The lowest BCUT2D eigenvalue weighted by Crippen LogP contribution is -2.52. The van der Waals surface area contributed by atoms with E-state index >= 15 is 0 Å². The Morgan fingerprint density at radius 1 is 0.898 bits per heavy atom. The average molecular weight is 813 g/mol. The van der Waals surface area contributed by atoms with Gasteiger partial charge in [0.25, 0.3) is 0 Å². The topological polar surface area (TPSA) is 72.5 Å². The first-order chi connectivity index (χ1) is 23.4. The van der Waals surface area contributed by atoms with Gasteiger partial charge >= 0.3 is 5.97 Å². The summed E-state index contributed by atoms with van der Waals surface area (Å²) in [5.74, 6) is 0.885. The summed E-state index contributed by atoms with van der Waals surface area (Å²) in [5.41, 5.74) is 2.65. The maximum Gasteiger partial charge on any atom is 0.308 e. The van der Waals surface area contributed by atoms with Crippen LogP contribution in [0.3, 0.4) is 0 Å². The van der Waals surface area contributed by atoms with Crippen LogP contribution in [0.2, 0.25) is 16.6 Å². The highest BCUT2D eigenvalue weighted by Crippen LogP contribution is 2.45. The first-order valence-corrected chi connectivity index (χ1v) is 22.0. The zero-order valence-corrected chi connectivity index (χ0v) is 34.9. The molecule has 0 amide bonds. The lowest BCUT2D eigenvalue weighted by atomic mass is 9.92. The minimum atomic E-state index is -2.07. The van der Waals surface area contributed by atoms with E-state index in [2.05, 4.69) is 89.3 Å². The van der Waals surface area contributed by atoms with Crippen LogP contribution in [0.1, 0.15) is 112 Å². The monoisotopic (exact) mass is 812 g/mol. The maximum absolute atomic E-state index is 12.3. The fourth-order valence-electron chi connectivity index (χ4n) is 8.14. The van der Waals surface area contributed by atoms with Crippen molar-refractivity contribution in [2.45, 2.75) is 166 Å². The second-order valence-corrected chi connectivity index (χ2v) is 21.2. The van der Waals surface area contributed by atoms with Gasteiger partial charge < -0.3 is 28.1 Å². The molecule has 0 aromatic heterocycles. The van der Waals surface area contributed by atoms with Crippen LogP contribution >= 0.6 is 22.6 Å². The highest BCUT2D eigenvalue weighted by atomic mass is 127. The molecule has 0 saturated carbocycles. The minimum absolute atomic E-state index is 0.00584. The summed E-state index contributed by atoms with van der Waals surface area (Å²) in [6.45, 7) is 16.8. The quantitative estimate of drug-likeness (QED) is 0.0596. The van der Waals surface area contributed by atoms with Gasteiger partial charge in [-0.1, -0.05) is 95.3 Å². The first kappa shape index (κ1) is 42.2. The molecule has 1 aromatic rings. The molecule has 1 aromatic carbocycles. The predicted molar refractivity (Wildman–Crippen MR) is 210 cm³/mol. The number of hydrogen-bond donors (Lipinski definition) is 0. The Bertz CT molecular complexity index is 1130. The number of carbonyl (C=O) groups is 1. The van der Waals surface area contributed by atoms with Gasteiger partial charge in [-0.15, -0.1) is 0 Å². The highest BCUT2D eigenvalue weighted by Gasteiger charge is 2.48. The van der Waals surface area contributed by atoms with Crippen molar-refractivity contribution in [3.05, 3.63) is 52.1 Å². The SMILES string of the molecule is COC(=O)C[C@@H]1C[C@H](O[Si](C(C)C)(C(C)C)C(C)C)C[C@H](C[C@@H]2CCC[C@H](CC/C=C/[C@H](C)[C@H](/C=C/I)OCc3ccc(OC)cc3)O2)O1. The number of allylic oxidation sites excluding steroid dienone is 1. The molecule has 2 heterocycles. The summed E-state index contributed by atoms with van der Waals surface area (Å²) in [6.07, 6.45) is 15.0. The predicted octanol–water partition coefficient (Wildman–Crippen LogP) is 10.5. The van der Waals surface area contributed by atoms with Gasteiger partial charge in [-0.05, 0) is 95.8 Å². The third kappa shape index (κ3) is 13.0. The molecule has 0 bridgehead atoms. The van der Waals surface area contributed by atoms with E-state index in [1.165, 1.54) is 13.5 Å². The van der Waals surface area contributed by atoms with Gasteiger partial charge in [-0.25, -0.2) is 0 Å². The van der Waals surface area contributed by atoms with Crippen LogP contribution in [-0.4, -0.2) is 65.1 Å². The number of methoxy groups -OCH3 is 2. The van der Waals surface area contributed by atoms with Crippen LogP contribution in [0, 0.1) is 5.92 Å². The third-order valence-electron chi connectivity index (χ3n) is 10.6. The molecule has 0 N–H and O–H groups in total. The normalized spacial score (nSPS) is 25.0. The van der Waals surface area contributed by atoms with E-state index in [0.717, 1.165) is 56.3 Å². The van der Waals surface area contributed by atoms with Gasteiger partial charge in [-0.3, -0.25) is 4.79 Å². The summed E-state index contributed by atoms with van der Waals surface area (Å²) < 4.78 is 39.1. The number of ether oxygens (including phenoxy) is 5. The molecule has 7 nitrogen and oxygen atoms in total.